The Balaban J connectivity index is 1.87. The van der Waals surface area contributed by atoms with E-state index < -0.39 is 5.41 Å². The van der Waals surface area contributed by atoms with Gasteiger partial charge in [0.25, 0.3) is 0 Å². The first-order valence-corrected chi connectivity index (χ1v) is 8.08. The molecule has 2 aliphatic carbocycles. The molecule has 4 heteroatoms. The van der Waals surface area contributed by atoms with Crippen molar-refractivity contribution in [2.45, 2.75) is 33.1 Å². The largest absolute Gasteiger partial charge is 0.497 e. The zero-order chi connectivity index (χ0) is 16.8. The van der Waals surface area contributed by atoms with Crippen LogP contribution < -0.4 is 14.8 Å². The molecule has 1 aromatic rings. The fourth-order valence-corrected chi connectivity index (χ4v) is 4.29. The number of carbonyl (C=O) groups is 1. The van der Waals surface area contributed by atoms with E-state index in [1.807, 2.05) is 12.1 Å². The van der Waals surface area contributed by atoms with Crippen molar-refractivity contribution in [1.29, 1.82) is 0 Å². The maximum atomic E-state index is 13.1. The van der Waals surface area contributed by atoms with Crippen molar-refractivity contribution in [1.82, 2.24) is 0 Å². The van der Waals surface area contributed by atoms with Gasteiger partial charge in [0.15, 0.2) is 0 Å². The lowest BCUT2D eigenvalue weighted by Crippen LogP contribution is -2.37. The fourth-order valence-electron chi connectivity index (χ4n) is 4.29. The van der Waals surface area contributed by atoms with Gasteiger partial charge in [-0.05, 0) is 42.7 Å². The molecule has 0 saturated heterocycles. The quantitative estimate of drug-likeness (QED) is 0.854. The third kappa shape index (κ3) is 2.23. The Morgan fingerprint density at radius 2 is 2.04 bits per heavy atom. The molecule has 4 nitrogen and oxygen atoms in total. The number of methoxy groups -OCH3 is 2. The molecular formula is C19H25NO3. The molecule has 0 aliphatic heterocycles. The van der Waals surface area contributed by atoms with E-state index in [0.29, 0.717) is 23.1 Å². The summed E-state index contributed by atoms with van der Waals surface area (Å²) in [6, 6.07) is 5.42. The molecule has 124 valence electrons. The van der Waals surface area contributed by atoms with E-state index in [4.69, 9.17) is 9.47 Å². The van der Waals surface area contributed by atoms with Crippen LogP contribution in [0.5, 0.6) is 11.5 Å². The lowest BCUT2D eigenvalue weighted by atomic mass is 9.68. The van der Waals surface area contributed by atoms with E-state index in [1.165, 1.54) is 0 Å². The number of rotatable bonds is 4. The predicted octanol–water partition coefficient (Wildman–Crippen LogP) is 4.02. The number of hydrogen-bond acceptors (Lipinski definition) is 3. The van der Waals surface area contributed by atoms with Gasteiger partial charge >= 0.3 is 0 Å². The molecule has 0 aromatic heterocycles. The molecule has 23 heavy (non-hydrogen) atoms. The van der Waals surface area contributed by atoms with Crippen LogP contribution in [-0.2, 0) is 4.79 Å². The van der Waals surface area contributed by atoms with Crippen molar-refractivity contribution < 1.29 is 14.3 Å². The van der Waals surface area contributed by atoms with Crippen molar-refractivity contribution >= 4 is 11.6 Å². The van der Waals surface area contributed by atoms with Crippen LogP contribution >= 0.6 is 0 Å². The lowest BCUT2D eigenvalue weighted by molar-refractivity contribution is -0.123. The standard InChI is InChI=1S/C19H25NO3/c1-12-18(2,3)13-8-9-19(12,11-13)17(21)20-15-7-6-14(22-4)10-16(15)23-5/h6-7,10,13H,1,8-9,11H2,2-5H3,(H,20,21). The molecular weight excluding hydrogens is 290 g/mol. The minimum absolute atomic E-state index is 0.0408. The average Bonchev–Trinajstić information content (AvgIpc) is 3.07. The molecule has 2 unspecified atom stereocenters. The van der Waals surface area contributed by atoms with Crippen LogP contribution in [0.25, 0.3) is 0 Å². The van der Waals surface area contributed by atoms with Crippen LogP contribution in [-0.4, -0.2) is 20.1 Å². The number of ether oxygens (including phenoxy) is 2. The Kier molecular flexibility index (Phi) is 3.66. The predicted molar refractivity (Wildman–Crippen MR) is 90.9 cm³/mol. The summed E-state index contributed by atoms with van der Waals surface area (Å²) >= 11 is 0. The molecule has 0 heterocycles. The van der Waals surface area contributed by atoms with Gasteiger partial charge in [-0.15, -0.1) is 0 Å². The number of benzene rings is 1. The Hall–Kier alpha value is -1.97. The average molecular weight is 315 g/mol. The number of fused-ring (bicyclic) bond motifs is 2. The van der Waals surface area contributed by atoms with E-state index in [2.05, 4.69) is 25.7 Å². The highest BCUT2D eigenvalue weighted by Gasteiger charge is 2.60. The SMILES string of the molecule is C=C1C2(C(=O)Nc3ccc(OC)cc3OC)CCC(C2)C1(C)C. The number of hydrogen-bond donors (Lipinski definition) is 1. The molecule has 1 aromatic carbocycles. The van der Waals surface area contributed by atoms with Crippen LogP contribution in [0.2, 0.25) is 0 Å². The smallest absolute Gasteiger partial charge is 0.234 e. The van der Waals surface area contributed by atoms with Crippen molar-refractivity contribution in [3.63, 3.8) is 0 Å². The number of nitrogens with one attached hydrogen (secondary N) is 1. The number of amides is 1. The molecule has 1 amide bonds. The Labute approximate surface area is 137 Å². The monoisotopic (exact) mass is 315 g/mol. The van der Waals surface area contributed by atoms with Crippen molar-refractivity contribution in [3.05, 3.63) is 30.4 Å². The molecule has 0 spiro atoms. The summed E-state index contributed by atoms with van der Waals surface area (Å²) in [5.74, 6) is 1.90. The molecule has 1 N–H and O–H groups in total. The van der Waals surface area contributed by atoms with Crippen molar-refractivity contribution in [3.8, 4) is 11.5 Å². The first kappa shape index (κ1) is 15.9. The van der Waals surface area contributed by atoms with Gasteiger partial charge in [0, 0.05) is 6.07 Å². The Morgan fingerprint density at radius 1 is 1.30 bits per heavy atom. The van der Waals surface area contributed by atoms with E-state index in [-0.39, 0.29) is 11.3 Å². The summed E-state index contributed by atoms with van der Waals surface area (Å²) in [5, 5.41) is 3.06. The lowest BCUT2D eigenvalue weighted by Gasteiger charge is -2.37. The van der Waals surface area contributed by atoms with Crippen LogP contribution in [0.15, 0.2) is 30.4 Å². The summed E-state index contributed by atoms with van der Waals surface area (Å²) in [5.41, 5.74) is 1.36. The van der Waals surface area contributed by atoms with E-state index in [0.717, 1.165) is 24.8 Å². The van der Waals surface area contributed by atoms with E-state index in [9.17, 15) is 4.79 Å². The van der Waals surface area contributed by atoms with Crippen molar-refractivity contribution in [2.75, 3.05) is 19.5 Å². The number of carbonyl (C=O) groups excluding carboxylic acids is 1. The van der Waals surface area contributed by atoms with Gasteiger partial charge in [-0.25, -0.2) is 0 Å². The second-order valence-electron chi connectivity index (χ2n) is 7.24. The summed E-state index contributed by atoms with van der Waals surface area (Å²) in [6.45, 7) is 8.70. The molecule has 0 radical (unpaired) electrons. The fraction of sp³-hybridized carbons (Fsp3) is 0.526. The van der Waals surface area contributed by atoms with Crippen LogP contribution in [0.1, 0.15) is 33.1 Å². The topological polar surface area (TPSA) is 47.6 Å². The van der Waals surface area contributed by atoms with Crippen LogP contribution in [0, 0.1) is 16.7 Å². The summed E-state index contributed by atoms with van der Waals surface area (Å²) < 4.78 is 10.6. The Morgan fingerprint density at radius 3 is 2.61 bits per heavy atom. The first-order valence-electron chi connectivity index (χ1n) is 8.08. The van der Waals surface area contributed by atoms with Crippen LogP contribution in [0.4, 0.5) is 5.69 Å². The molecule has 2 atom stereocenters. The highest BCUT2D eigenvalue weighted by molar-refractivity contribution is 5.99. The van der Waals surface area contributed by atoms with Gasteiger partial charge in [0.05, 0.1) is 25.3 Å². The van der Waals surface area contributed by atoms with E-state index >= 15 is 0 Å². The third-order valence-corrected chi connectivity index (χ3v) is 5.98. The van der Waals surface area contributed by atoms with Gasteiger partial charge in [-0.3, -0.25) is 4.79 Å². The first-order chi connectivity index (χ1) is 10.8. The van der Waals surface area contributed by atoms with Gasteiger partial charge in [0.2, 0.25) is 5.91 Å². The van der Waals surface area contributed by atoms with Gasteiger partial charge in [0.1, 0.15) is 11.5 Å². The molecule has 2 saturated carbocycles. The highest BCUT2D eigenvalue weighted by Crippen LogP contribution is 2.65. The molecule has 3 rings (SSSR count). The second-order valence-corrected chi connectivity index (χ2v) is 7.24. The molecule has 2 fully saturated rings. The summed E-state index contributed by atoms with van der Waals surface area (Å²) in [7, 11) is 3.20. The van der Waals surface area contributed by atoms with Gasteiger partial charge in [-0.2, -0.15) is 0 Å². The van der Waals surface area contributed by atoms with Gasteiger partial charge in [-0.1, -0.05) is 26.0 Å². The molecule has 2 bridgehead atoms. The summed E-state index contributed by atoms with van der Waals surface area (Å²) in [6.07, 6.45) is 2.90. The van der Waals surface area contributed by atoms with Gasteiger partial charge < -0.3 is 14.8 Å². The van der Waals surface area contributed by atoms with E-state index in [1.54, 1.807) is 20.3 Å². The minimum atomic E-state index is -0.431. The Bertz CT molecular complexity index is 665. The highest BCUT2D eigenvalue weighted by atomic mass is 16.5. The zero-order valence-electron chi connectivity index (χ0n) is 14.4. The molecule has 2 aliphatic rings. The minimum Gasteiger partial charge on any atom is -0.497 e. The normalized spacial score (nSPS) is 27.8. The maximum Gasteiger partial charge on any atom is 0.234 e. The van der Waals surface area contributed by atoms with Crippen LogP contribution in [0.3, 0.4) is 0 Å². The summed E-state index contributed by atoms with van der Waals surface area (Å²) in [4.78, 5) is 13.1. The zero-order valence-corrected chi connectivity index (χ0v) is 14.4. The third-order valence-electron chi connectivity index (χ3n) is 5.98. The number of anilines is 1. The maximum absolute atomic E-state index is 13.1. The second kappa shape index (κ2) is 5.29. The van der Waals surface area contributed by atoms with Crippen molar-refractivity contribution in [2.24, 2.45) is 16.7 Å².